The van der Waals surface area contributed by atoms with Crippen molar-refractivity contribution in [2.75, 3.05) is 5.73 Å². The number of aromatic nitrogens is 3. The molecule has 0 fully saturated rings. The molecule has 6 nitrogen and oxygen atoms in total. The van der Waals surface area contributed by atoms with E-state index in [-0.39, 0.29) is 11.8 Å². The van der Waals surface area contributed by atoms with Crippen LogP contribution in [-0.2, 0) is 0 Å². The molecule has 1 aromatic heterocycles. The van der Waals surface area contributed by atoms with Crippen molar-refractivity contribution in [2.24, 2.45) is 0 Å². The SMILES string of the molecule is Cc1ccc(-n2nc(C(=O)O)nc2N)cc1. The summed E-state index contributed by atoms with van der Waals surface area (Å²) in [7, 11) is 0. The van der Waals surface area contributed by atoms with Crippen molar-refractivity contribution < 1.29 is 9.90 Å². The number of rotatable bonds is 2. The molecule has 2 aromatic rings. The van der Waals surface area contributed by atoms with Gasteiger partial charge in [0.2, 0.25) is 5.95 Å². The normalized spacial score (nSPS) is 10.3. The molecule has 0 atom stereocenters. The van der Waals surface area contributed by atoms with E-state index >= 15 is 0 Å². The highest BCUT2D eigenvalue weighted by molar-refractivity contribution is 5.83. The fraction of sp³-hybridized carbons (Fsp3) is 0.100. The molecule has 0 aliphatic heterocycles. The summed E-state index contributed by atoms with van der Waals surface area (Å²) in [5, 5.41) is 12.5. The molecule has 0 aliphatic carbocycles. The van der Waals surface area contributed by atoms with Crippen LogP contribution in [0.4, 0.5) is 5.95 Å². The number of anilines is 1. The summed E-state index contributed by atoms with van der Waals surface area (Å²) in [4.78, 5) is 14.3. The van der Waals surface area contributed by atoms with Crippen LogP contribution in [0.1, 0.15) is 16.2 Å². The number of carboxylic acid groups (broad SMARTS) is 1. The molecule has 0 saturated heterocycles. The summed E-state index contributed by atoms with van der Waals surface area (Å²) < 4.78 is 1.29. The highest BCUT2D eigenvalue weighted by Crippen LogP contribution is 2.12. The van der Waals surface area contributed by atoms with E-state index in [1.807, 2.05) is 19.1 Å². The lowest BCUT2D eigenvalue weighted by molar-refractivity contribution is 0.0683. The third-order valence-electron chi connectivity index (χ3n) is 2.10. The van der Waals surface area contributed by atoms with E-state index in [2.05, 4.69) is 10.1 Å². The predicted octanol–water partition coefficient (Wildman–Crippen LogP) is 0.856. The van der Waals surface area contributed by atoms with E-state index in [9.17, 15) is 4.79 Å². The minimum Gasteiger partial charge on any atom is -0.475 e. The van der Waals surface area contributed by atoms with Gasteiger partial charge in [0.1, 0.15) is 0 Å². The Morgan fingerprint density at radius 1 is 1.38 bits per heavy atom. The standard InChI is InChI=1S/C10H10N4O2/c1-6-2-4-7(5-3-6)14-10(11)12-8(13-14)9(15)16/h2-5H,1H3,(H,15,16)(H2,11,12,13). The van der Waals surface area contributed by atoms with Crippen molar-refractivity contribution in [3.05, 3.63) is 35.7 Å². The van der Waals surface area contributed by atoms with Crippen molar-refractivity contribution in [3.8, 4) is 5.69 Å². The Hall–Kier alpha value is -2.37. The van der Waals surface area contributed by atoms with E-state index in [1.165, 1.54) is 4.68 Å². The fourth-order valence-corrected chi connectivity index (χ4v) is 1.29. The third-order valence-corrected chi connectivity index (χ3v) is 2.10. The van der Waals surface area contributed by atoms with Gasteiger partial charge in [0.05, 0.1) is 5.69 Å². The second-order valence-corrected chi connectivity index (χ2v) is 3.35. The Kier molecular flexibility index (Phi) is 2.32. The number of hydrogen-bond acceptors (Lipinski definition) is 4. The summed E-state index contributed by atoms with van der Waals surface area (Å²) in [6.45, 7) is 1.96. The van der Waals surface area contributed by atoms with Gasteiger partial charge in [-0.15, -0.1) is 5.10 Å². The average molecular weight is 218 g/mol. The van der Waals surface area contributed by atoms with Gasteiger partial charge in [0, 0.05) is 0 Å². The van der Waals surface area contributed by atoms with Crippen LogP contribution in [0, 0.1) is 6.92 Å². The minimum atomic E-state index is -1.20. The molecule has 0 bridgehead atoms. The van der Waals surface area contributed by atoms with Crippen molar-refractivity contribution in [2.45, 2.75) is 6.92 Å². The van der Waals surface area contributed by atoms with Gasteiger partial charge in [-0.1, -0.05) is 17.7 Å². The minimum absolute atomic E-state index is 0.0567. The Labute approximate surface area is 91.3 Å². The quantitative estimate of drug-likeness (QED) is 0.779. The van der Waals surface area contributed by atoms with Crippen LogP contribution < -0.4 is 5.73 Å². The zero-order valence-electron chi connectivity index (χ0n) is 8.58. The Bertz CT molecular complexity index is 530. The first-order valence-electron chi connectivity index (χ1n) is 4.61. The summed E-state index contributed by atoms with van der Waals surface area (Å²) in [5.74, 6) is -1.45. The molecule has 3 N–H and O–H groups in total. The summed E-state index contributed by atoms with van der Waals surface area (Å²) >= 11 is 0. The molecule has 0 unspecified atom stereocenters. The lowest BCUT2D eigenvalue weighted by Crippen LogP contribution is -2.03. The van der Waals surface area contributed by atoms with Crippen LogP contribution in [0.15, 0.2) is 24.3 Å². The predicted molar refractivity (Wildman–Crippen MR) is 57.5 cm³/mol. The topological polar surface area (TPSA) is 94.0 Å². The molecule has 1 aromatic carbocycles. The van der Waals surface area contributed by atoms with Crippen LogP contribution in [0.25, 0.3) is 5.69 Å². The zero-order valence-corrected chi connectivity index (χ0v) is 8.58. The van der Waals surface area contributed by atoms with Crippen molar-refractivity contribution in [1.29, 1.82) is 0 Å². The number of hydrogen-bond donors (Lipinski definition) is 2. The Morgan fingerprint density at radius 2 is 2.00 bits per heavy atom. The van der Waals surface area contributed by atoms with Crippen molar-refractivity contribution >= 4 is 11.9 Å². The van der Waals surface area contributed by atoms with Crippen LogP contribution in [-0.4, -0.2) is 25.8 Å². The number of nitrogen functional groups attached to an aromatic ring is 1. The molecule has 1 heterocycles. The van der Waals surface area contributed by atoms with Crippen LogP contribution in [0.5, 0.6) is 0 Å². The molecule has 0 amide bonds. The second-order valence-electron chi connectivity index (χ2n) is 3.35. The van der Waals surface area contributed by atoms with E-state index in [1.54, 1.807) is 12.1 Å². The van der Waals surface area contributed by atoms with Gasteiger partial charge in [-0.2, -0.15) is 9.67 Å². The maximum atomic E-state index is 10.7. The van der Waals surface area contributed by atoms with Gasteiger partial charge in [0.15, 0.2) is 0 Å². The summed E-state index contributed by atoms with van der Waals surface area (Å²) in [6.07, 6.45) is 0. The third kappa shape index (κ3) is 1.72. The van der Waals surface area contributed by atoms with Gasteiger partial charge < -0.3 is 10.8 Å². The smallest absolute Gasteiger partial charge is 0.375 e. The highest BCUT2D eigenvalue weighted by atomic mass is 16.4. The molecule has 82 valence electrons. The second kappa shape index (κ2) is 3.65. The molecule has 0 radical (unpaired) electrons. The fourth-order valence-electron chi connectivity index (χ4n) is 1.29. The van der Waals surface area contributed by atoms with E-state index in [0.29, 0.717) is 5.69 Å². The van der Waals surface area contributed by atoms with E-state index in [4.69, 9.17) is 10.8 Å². The van der Waals surface area contributed by atoms with Gasteiger partial charge in [-0.25, -0.2) is 4.79 Å². The molecule has 0 aliphatic rings. The molecule has 0 saturated carbocycles. The summed E-state index contributed by atoms with van der Waals surface area (Å²) in [6, 6.07) is 7.37. The number of benzene rings is 1. The van der Waals surface area contributed by atoms with Gasteiger partial charge in [-0.05, 0) is 19.1 Å². The Balaban J connectivity index is 2.47. The molecule has 6 heteroatoms. The maximum Gasteiger partial charge on any atom is 0.375 e. The van der Waals surface area contributed by atoms with E-state index < -0.39 is 5.97 Å². The Morgan fingerprint density at radius 3 is 2.50 bits per heavy atom. The zero-order chi connectivity index (χ0) is 11.7. The first-order chi connectivity index (χ1) is 7.58. The number of carboxylic acids is 1. The van der Waals surface area contributed by atoms with Gasteiger partial charge in [0.25, 0.3) is 5.82 Å². The number of carbonyl (C=O) groups is 1. The van der Waals surface area contributed by atoms with Crippen LogP contribution in [0.3, 0.4) is 0 Å². The number of nitrogens with zero attached hydrogens (tertiary/aromatic N) is 3. The maximum absolute atomic E-state index is 10.7. The molecule has 2 rings (SSSR count). The largest absolute Gasteiger partial charge is 0.475 e. The number of aromatic carboxylic acids is 1. The average Bonchev–Trinajstić information content (AvgIpc) is 2.62. The number of aryl methyl sites for hydroxylation is 1. The molecular weight excluding hydrogens is 208 g/mol. The van der Waals surface area contributed by atoms with Crippen LogP contribution in [0.2, 0.25) is 0 Å². The monoisotopic (exact) mass is 218 g/mol. The van der Waals surface area contributed by atoms with Gasteiger partial charge in [-0.3, -0.25) is 0 Å². The molecule has 0 spiro atoms. The highest BCUT2D eigenvalue weighted by Gasteiger charge is 2.13. The van der Waals surface area contributed by atoms with Crippen molar-refractivity contribution in [1.82, 2.24) is 14.8 Å². The first-order valence-corrected chi connectivity index (χ1v) is 4.61. The number of nitrogens with two attached hydrogens (primary N) is 1. The molecular formula is C10H10N4O2. The van der Waals surface area contributed by atoms with E-state index in [0.717, 1.165) is 5.56 Å². The molecule has 16 heavy (non-hydrogen) atoms. The first kappa shape index (κ1) is 10.2. The van der Waals surface area contributed by atoms with Gasteiger partial charge >= 0.3 is 5.97 Å². The summed E-state index contributed by atoms with van der Waals surface area (Å²) in [5.41, 5.74) is 7.36. The van der Waals surface area contributed by atoms with Crippen LogP contribution >= 0.6 is 0 Å². The lowest BCUT2D eigenvalue weighted by Gasteiger charge is -2.01. The van der Waals surface area contributed by atoms with Crippen molar-refractivity contribution in [3.63, 3.8) is 0 Å². The lowest BCUT2D eigenvalue weighted by atomic mass is 10.2.